The molecule has 0 aromatic rings. The van der Waals surface area contributed by atoms with Crippen LogP contribution in [0.25, 0.3) is 0 Å². The molecule has 0 spiro atoms. The second kappa shape index (κ2) is 7.10. The highest BCUT2D eigenvalue weighted by Gasteiger charge is 2.09. The first-order valence-corrected chi connectivity index (χ1v) is 5.51. The Morgan fingerprint density at radius 2 is 2.27 bits per heavy atom. The lowest BCUT2D eigenvalue weighted by Gasteiger charge is -2.05. The summed E-state index contributed by atoms with van der Waals surface area (Å²) in [7, 11) is 1.41. The largest absolute Gasteiger partial charge is 0.469 e. The molecule has 2 nitrogen and oxygen atoms in total. The van der Waals surface area contributed by atoms with Gasteiger partial charge in [-0.15, -0.1) is 0 Å². The van der Waals surface area contributed by atoms with E-state index in [2.05, 4.69) is 36.6 Å². The molecular weight excluding hydrogens is 276 g/mol. The summed E-state index contributed by atoms with van der Waals surface area (Å²) in [6, 6.07) is 0. The predicted octanol–water partition coefficient (Wildman–Crippen LogP) is 2.49. The maximum absolute atomic E-state index is 10.7. The van der Waals surface area contributed by atoms with Crippen molar-refractivity contribution in [2.75, 3.05) is 12.4 Å². The second-order valence-corrected chi connectivity index (χ2v) is 4.30. The third-order valence-electron chi connectivity index (χ3n) is 1.27. The van der Waals surface area contributed by atoms with Gasteiger partial charge in [-0.2, -0.15) is 0 Å². The van der Waals surface area contributed by atoms with Crippen LogP contribution in [0.4, 0.5) is 0 Å². The van der Waals surface area contributed by atoms with Gasteiger partial charge >= 0.3 is 5.97 Å². The molecule has 0 radical (unpaired) electrons. The second-order valence-electron chi connectivity index (χ2n) is 2.21. The molecule has 0 aliphatic carbocycles. The smallest absolute Gasteiger partial charge is 0.306 e. The molecule has 0 saturated carbocycles. The number of alkyl halides is 2. The van der Waals surface area contributed by atoms with Crippen LogP contribution >= 0.6 is 31.9 Å². The molecule has 0 N–H and O–H groups in total. The highest BCUT2D eigenvalue weighted by atomic mass is 79.9. The van der Waals surface area contributed by atoms with Gasteiger partial charge in [0.25, 0.3) is 0 Å². The third-order valence-corrected chi connectivity index (χ3v) is 2.61. The van der Waals surface area contributed by atoms with E-state index in [1.165, 1.54) is 7.11 Å². The molecule has 0 aromatic heterocycles. The third kappa shape index (κ3) is 6.81. The Kier molecular flexibility index (Phi) is 7.38. The van der Waals surface area contributed by atoms with E-state index in [-0.39, 0.29) is 10.8 Å². The molecule has 0 amide bonds. The first-order valence-electron chi connectivity index (χ1n) is 3.47. The first kappa shape index (κ1) is 11.4. The van der Waals surface area contributed by atoms with Crippen LogP contribution in [0.1, 0.15) is 19.3 Å². The molecule has 0 rings (SSSR count). The maximum atomic E-state index is 10.7. The minimum Gasteiger partial charge on any atom is -0.469 e. The van der Waals surface area contributed by atoms with Crippen molar-refractivity contribution >= 4 is 37.8 Å². The fourth-order valence-corrected chi connectivity index (χ4v) is 1.58. The highest BCUT2D eigenvalue weighted by molar-refractivity contribution is 9.09. The van der Waals surface area contributed by atoms with Crippen LogP contribution in [0.2, 0.25) is 0 Å². The van der Waals surface area contributed by atoms with Gasteiger partial charge in [-0.3, -0.25) is 4.79 Å². The summed E-state index contributed by atoms with van der Waals surface area (Å²) >= 11 is 6.72. The summed E-state index contributed by atoms with van der Waals surface area (Å²) in [5, 5.41) is 0.982. The van der Waals surface area contributed by atoms with Crippen molar-refractivity contribution in [2.45, 2.75) is 24.1 Å². The van der Waals surface area contributed by atoms with E-state index in [1.54, 1.807) is 0 Å². The Morgan fingerprint density at radius 1 is 1.64 bits per heavy atom. The SMILES string of the molecule is COC(=O)CC(Br)CCCBr. The van der Waals surface area contributed by atoms with Crippen molar-refractivity contribution in [1.29, 1.82) is 0 Å². The van der Waals surface area contributed by atoms with E-state index in [4.69, 9.17) is 0 Å². The molecule has 0 aromatic carbocycles. The van der Waals surface area contributed by atoms with Gasteiger partial charge in [0.15, 0.2) is 0 Å². The van der Waals surface area contributed by atoms with Gasteiger partial charge < -0.3 is 4.74 Å². The molecule has 0 aliphatic heterocycles. The summed E-state index contributed by atoms with van der Waals surface area (Å²) in [4.78, 5) is 11.0. The van der Waals surface area contributed by atoms with Gasteiger partial charge in [0.05, 0.1) is 13.5 Å². The summed E-state index contributed by atoms with van der Waals surface area (Å²) in [5.41, 5.74) is 0. The number of halogens is 2. The van der Waals surface area contributed by atoms with Crippen LogP contribution in [0.3, 0.4) is 0 Å². The predicted molar refractivity (Wildman–Crippen MR) is 52.4 cm³/mol. The lowest BCUT2D eigenvalue weighted by Crippen LogP contribution is -2.09. The van der Waals surface area contributed by atoms with Gasteiger partial charge in [-0.05, 0) is 12.8 Å². The monoisotopic (exact) mass is 286 g/mol. The normalized spacial score (nSPS) is 12.6. The summed E-state index contributed by atoms with van der Waals surface area (Å²) in [6.45, 7) is 0. The number of carbonyl (C=O) groups is 1. The molecule has 0 heterocycles. The summed E-state index contributed by atoms with van der Waals surface area (Å²) in [5.74, 6) is -0.151. The van der Waals surface area contributed by atoms with Gasteiger partial charge in [-0.25, -0.2) is 0 Å². The Morgan fingerprint density at radius 3 is 2.73 bits per heavy atom. The lowest BCUT2D eigenvalue weighted by atomic mass is 10.2. The number of rotatable bonds is 5. The topological polar surface area (TPSA) is 26.3 Å². The summed E-state index contributed by atoms with van der Waals surface area (Å²) < 4.78 is 4.52. The molecule has 4 heteroatoms. The van der Waals surface area contributed by atoms with E-state index < -0.39 is 0 Å². The zero-order valence-electron chi connectivity index (χ0n) is 6.48. The Bertz CT molecular complexity index is 117. The summed E-state index contributed by atoms with van der Waals surface area (Å²) in [6.07, 6.45) is 2.54. The molecule has 0 fully saturated rings. The van der Waals surface area contributed by atoms with Crippen LogP contribution in [0.15, 0.2) is 0 Å². The average molecular weight is 288 g/mol. The molecular formula is C7H12Br2O2. The first-order chi connectivity index (χ1) is 5.20. The molecule has 0 aliphatic rings. The number of methoxy groups -OCH3 is 1. The van der Waals surface area contributed by atoms with Crippen molar-refractivity contribution in [1.82, 2.24) is 0 Å². The van der Waals surface area contributed by atoms with Crippen molar-refractivity contribution < 1.29 is 9.53 Å². The van der Waals surface area contributed by atoms with E-state index in [0.29, 0.717) is 6.42 Å². The zero-order valence-corrected chi connectivity index (χ0v) is 9.65. The highest BCUT2D eigenvalue weighted by Crippen LogP contribution is 2.13. The number of hydrogen-bond acceptors (Lipinski definition) is 2. The van der Waals surface area contributed by atoms with E-state index in [9.17, 15) is 4.79 Å². The zero-order chi connectivity index (χ0) is 8.69. The number of ether oxygens (including phenoxy) is 1. The Hall–Kier alpha value is 0.430. The lowest BCUT2D eigenvalue weighted by molar-refractivity contribution is -0.140. The van der Waals surface area contributed by atoms with Crippen molar-refractivity contribution in [3.8, 4) is 0 Å². The van der Waals surface area contributed by atoms with E-state index in [1.807, 2.05) is 0 Å². The minimum absolute atomic E-state index is 0.151. The molecule has 0 bridgehead atoms. The fraction of sp³-hybridized carbons (Fsp3) is 0.857. The molecule has 1 unspecified atom stereocenters. The van der Waals surface area contributed by atoms with Crippen molar-refractivity contribution in [3.05, 3.63) is 0 Å². The van der Waals surface area contributed by atoms with Crippen molar-refractivity contribution in [3.63, 3.8) is 0 Å². The van der Waals surface area contributed by atoms with Gasteiger partial charge in [0, 0.05) is 10.2 Å². The van der Waals surface area contributed by atoms with Crippen LogP contribution in [-0.2, 0) is 9.53 Å². The van der Waals surface area contributed by atoms with Gasteiger partial charge in [0.2, 0.25) is 0 Å². The fourth-order valence-electron chi connectivity index (χ4n) is 0.665. The van der Waals surface area contributed by atoms with E-state index in [0.717, 1.165) is 18.2 Å². The molecule has 11 heavy (non-hydrogen) atoms. The van der Waals surface area contributed by atoms with Gasteiger partial charge in [-0.1, -0.05) is 31.9 Å². The Balaban J connectivity index is 3.35. The van der Waals surface area contributed by atoms with Crippen LogP contribution in [-0.4, -0.2) is 23.2 Å². The molecule has 1 atom stereocenters. The number of hydrogen-bond donors (Lipinski definition) is 0. The maximum Gasteiger partial charge on any atom is 0.306 e. The quantitative estimate of drug-likeness (QED) is 0.574. The van der Waals surface area contributed by atoms with Crippen molar-refractivity contribution in [2.24, 2.45) is 0 Å². The molecule has 66 valence electrons. The Labute approximate surface area is 83.9 Å². The standard InChI is InChI=1S/C7H12Br2O2/c1-11-7(10)5-6(9)3-2-4-8/h6H,2-5H2,1H3. The van der Waals surface area contributed by atoms with Crippen LogP contribution in [0.5, 0.6) is 0 Å². The number of esters is 1. The van der Waals surface area contributed by atoms with Gasteiger partial charge in [0.1, 0.15) is 0 Å². The molecule has 0 saturated heterocycles. The van der Waals surface area contributed by atoms with E-state index >= 15 is 0 Å². The average Bonchev–Trinajstić information content (AvgIpc) is 2.00. The van der Waals surface area contributed by atoms with Crippen LogP contribution < -0.4 is 0 Å². The van der Waals surface area contributed by atoms with Crippen LogP contribution in [0, 0.1) is 0 Å². The minimum atomic E-state index is -0.151. The number of carbonyl (C=O) groups excluding carboxylic acids is 1.